The third-order valence-corrected chi connectivity index (χ3v) is 5.00. The van der Waals surface area contributed by atoms with Gasteiger partial charge in [-0.2, -0.15) is 0 Å². The minimum atomic E-state index is -3.19. The van der Waals surface area contributed by atoms with Gasteiger partial charge in [-0.3, -0.25) is 0 Å². The van der Waals surface area contributed by atoms with Crippen LogP contribution in [-0.4, -0.2) is 40.4 Å². The fourth-order valence-corrected chi connectivity index (χ4v) is 3.90. The van der Waals surface area contributed by atoms with Gasteiger partial charge in [0.2, 0.25) is 0 Å². The first kappa shape index (κ1) is 15.3. The molecule has 0 fully saturated rings. The highest BCUT2D eigenvalue weighted by Crippen LogP contribution is 2.31. The van der Waals surface area contributed by atoms with Crippen LogP contribution in [0.4, 0.5) is 8.78 Å². The summed E-state index contributed by atoms with van der Waals surface area (Å²) in [5.74, 6) is 0.0968. The van der Waals surface area contributed by atoms with Crippen LogP contribution in [0.3, 0.4) is 0 Å². The Labute approximate surface area is 117 Å². The number of ether oxygens (including phenoxy) is 1. The molecule has 7 heteroatoms. The van der Waals surface area contributed by atoms with Crippen LogP contribution < -0.4 is 5.32 Å². The number of fused-ring (bicyclic) bond motifs is 1. The Morgan fingerprint density at radius 2 is 2.10 bits per heavy atom. The zero-order chi connectivity index (χ0) is 14.6. The fraction of sp³-hybridized carbons (Fsp3) is 0.538. The standard InChI is InChI=1S/C13H17F2NO3S/c14-13(15)9-19-7-6-16-11-5-8-20(17,18)12-4-2-1-3-10(11)12/h1-4,11,13,16H,5-9H2. The number of hydrogen-bond acceptors (Lipinski definition) is 4. The second-order valence-corrected chi connectivity index (χ2v) is 6.70. The lowest BCUT2D eigenvalue weighted by molar-refractivity contribution is 0.0181. The van der Waals surface area contributed by atoms with Gasteiger partial charge in [0.1, 0.15) is 6.61 Å². The summed E-state index contributed by atoms with van der Waals surface area (Å²) in [6, 6.07) is 6.80. The van der Waals surface area contributed by atoms with Crippen molar-refractivity contribution in [2.24, 2.45) is 0 Å². The maximum atomic E-state index is 11.9. The Hall–Kier alpha value is -1.05. The summed E-state index contributed by atoms with van der Waals surface area (Å²) in [6.07, 6.45) is -1.98. The van der Waals surface area contributed by atoms with E-state index in [1.54, 1.807) is 24.3 Å². The molecule has 1 aromatic rings. The number of benzene rings is 1. The normalized spacial score (nSPS) is 20.9. The summed E-state index contributed by atoms with van der Waals surface area (Å²) < 4.78 is 52.4. The number of hydrogen-bond donors (Lipinski definition) is 1. The molecule has 0 saturated carbocycles. The SMILES string of the molecule is O=S1(=O)CCC(NCCOCC(F)F)c2ccccc21. The molecule has 1 N–H and O–H groups in total. The van der Waals surface area contributed by atoms with Crippen molar-refractivity contribution in [3.8, 4) is 0 Å². The molecule has 112 valence electrons. The summed E-state index contributed by atoms with van der Waals surface area (Å²) in [4.78, 5) is 0.359. The third kappa shape index (κ3) is 3.74. The summed E-state index contributed by atoms with van der Waals surface area (Å²) in [6.45, 7) is 0.0127. The fourth-order valence-electron chi connectivity index (χ4n) is 2.28. The number of nitrogens with one attached hydrogen (secondary N) is 1. The van der Waals surface area contributed by atoms with Crippen LogP contribution in [0, 0.1) is 0 Å². The molecule has 20 heavy (non-hydrogen) atoms. The van der Waals surface area contributed by atoms with Crippen molar-refractivity contribution in [3.63, 3.8) is 0 Å². The number of halogens is 2. The van der Waals surface area contributed by atoms with Gasteiger partial charge in [-0.25, -0.2) is 17.2 Å². The van der Waals surface area contributed by atoms with E-state index in [4.69, 9.17) is 4.74 Å². The summed E-state index contributed by atoms with van der Waals surface area (Å²) in [7, 11) is -3.19. The highest BCUT2D eigenvalue weighted by Gasteiger charge is 2.29. The van der Waals surface area contributed by atoms with E-state index in [1.165, 1.54) is 0 Å². The van der Waals surface area contributed by atoms with E-state index in [0.29, 0.717) is 17.9 Å². The van der Waals surface area contributed by atoms with Crippen LogP contribution in [-0.2, 0) is 14.6 Å². The van der Waals surface area contributed by atoms with Crippen LogP contribution in [0.1, 0.15) is 18.0 Å². The van der Waals surface area contributed by atoms with Gasteiger partial charge in [0.05, 0.1) is 17.3 Å². The van der Waals surface area contributed by atoms with Crippen molar-refractivity contribution in [3.05, 3.63) is 29.8 Å². The van der Waals surface area contributed by atoms with Crippen molar-refractivity contribution in [2.45, 2.75) is 23.8 Å². The number of sulfone groups is 1. The Balaban J connectivity index is 1.94. The van der Waals surface area contributed by atoms with Crippen LogP contribution in [0.25, 0.3) is 0 Å². The third-order valence-electron chi connectivity index (χ3n) is 3.19. The molecule has 0 amide bonds. The van der Waals surface area contributed by atoms with Gasteiger partial charge in [-0.05, 0) is 18.1 Å². The molecule has 1 unspecified atom stereocenters. The van der Waals surface area contributed by atoms with Crippen molar-refractivity contribution >= 4 is 9.84 Å². The minimum Gasteiger partial charge on any atom is -0.374 e. The molecule has 4 nitrogen and oxygen atoms in total. The van der Waals surface area contributed by atoms with E-state index in [0.717, 1.165) is 5.56 Å². The maximum Gasteiger partial charge on any atom is 0.261 e. The molecule has 0 aromatic heterocycles. The Morgan fingerprint density at radius 1 is 1.35 bits per heavy atom. The molecular weight excluding hydrogens is 288 g/mol. The van der Waals surface area contributed by atoms with E-state index in [-0.39, 0.29) is 18.4 Å². The van der Waals surface area contributed by atoms with Crippen molar-refractivity contribution in [2.75, 3.05) is 25.5 Å². The van der Waals surface area contributed by atoms with Crippen LogP contribution in [0.2, 0.25) is 0 Å². The second-order valence-electron chi connectivity index (χ2n) is 4.62. The highest BCUT2D eigenvalue weighted by molar-refractivity contribution is 7.91. The first-order valence-electron chi connectivity index (χ1n) is 6.41. The summed E-state index contributed by atoms with van der Waals surface area (Å²) in [5.41, 5.74) is 0.743. The van der Waals surface area contributed by atoms with Crippen molar-refractivity contribution < 1.29 is 21.9 Å². The van der Waals surface area contributed by atoms with Gasteiger partial charge in [0.15, 0.2) is 9.84 Å². The zero-order valence-electron chi connectivity index (χ0n) is 10.9. The molecule has 0 spiro atoms. The molecule has 2 rings (SSSR count). The predicted molar refractivity (Wildman–Crippen MR) is 70.7 cm³/mol. The Kier molecular flexibility index (Phi) is 5.06. The Bertz CT molecular complexity index is 548. The van der Waals surface area contributed by atoms with E-state index >= 15 is 0 Å². The minimum absolute atomic E-state index is 0.0788. The second kappa shape index (κ2) is 6.60. The predicted octanol–water partition coefficient (Wildman–Crippen LogP) is 1.78. The van der Waals surface area contributed by atoms with E-state index in [2.05, 4.69) is 5.32 Å². The van der Waals surface area contributed by atoms with Gasteiger partial charge in [0, 0.05) is 12.6 Å². The highest BCUT2D eigenvalue weighted by atomic mass is 32.2. The average Bonchev–Trinajstić information content (AvgIpc) is 2.41. The van der Waals surface area contributed by atoms with Gasteiger partial charge in [0.25, 0.3) is 6.43 Å². The number of alkyl halides is 2. The molecular formula is C13H17F2NO3S. The van der Waals surface area contributed by atoms with Gasteiger partial charge < -0.3 is 10.1 Å². The molecule has 1 atom stereocenters. The lowest BCUT2D eigenvalue weighted by atomic mass is 10.0. The number of rotatable bonds is 6. The quantitative estimate of drug-likeness (QED) is 0.814. The largest absolute Gasteiger partial charge is 0.374 e. The molecule has 0 radical (unpaired) electrons. The molecule has 0 aliphatic carbocycles. The van der Waals surface area contributed by atoms with Gasteiger partial charge in [-0.1, -0.05) is 18.2 Å². The van der Waals surface area contributed by atoms with Crippen molar-refractivity contribution in [1.29, 1.82) is 0 Å². The zero-order valence-corrected chi connectivity index (χ0v) is 11.7. The lowest BCUT2D eigenvalue weighted by Gasteiger charge is -2.26. The first-order valence-corrected chi connectivity index (χ1v) is 8.07. The van der Waals surface area contributed by atoms with E-state index in [9.17, 15) is 17.2 Å². The average molecular weight is 305 g/mol. The lowest BCUT2D eigenvalue weighted by Crippen LogP contribution is -2.32. The summed E-state index contributed by atoms with van der Waals surface area (Å²) in [5, 5.41) is 3.15. The Morgan fingerprint density at radius 3 is 2.85 bits per heavy atom. The smallest absolute Gasteiger partial charge is 0.261 e. The monoisotopic (exact) mass is 305 g/mol. The molecule has 1 heterocycles. The van der Waals surface area contributed by atoms with Crippen molar-refractivity contribution in [1.82, 2.24) is 5.32 Å². The molecule has 0 saturated heterocycles. The molecule has 1 aliphatic rings. The van der Waals surface area contributed by atoms with Gasteiger partial charge in [-0.15, -0.1) is 0 Å². The van der Waals surface area contributed by atoms with E-state index in [1.807, 2.05) is 0 Å². The molecule has 1 aliphatic heterocycles. The van der Waals surface area contributed by atoms with Crippen LogP contribution in [0.15, 0.2) is 29.2 Å². The maximum absolute atomic E-state index is 11.9. The van der Waals surface area contributed by atoms with Crippen LogP contribution >= 0.6 is 0 Å². The first-order chi connectivity index (χ1) is 9.50. The van der Waals surface area contributed by atoms with Crippen LogP contribution in [0.5, 0.6) is 0 Å². The molecule has 0 bridgehead atoms. The topological polar surface area (TPSA) is 55.4 Å². The van der Waals surface area contributed by atoms with Gasteiger partial charge >= 0.3 is 0 Å². The summed E-state index contributed by atoms with van der Waals surface area (Å²) >= 11 is 0. The molecule has 1 aromatic carbocycles. The van der Waals surface area contributed by atoms with E-state index < -0.39 is 22.9 Å².